The Hall–Kier alpha value is -2.73. The molecule has 3 amide bonds. The summed E-state index contributed by atoms with van der Waals surface area (Å²) in [4.78, 5) is 58.1. The van der Waals surface area contributed by atoms with Crippen molar-refractivity contribution in [1.82, 2.24) is 10.2 Å². The van der Waals surface area contributed by atoms with E-state index in [1.807, 2.05) is 19.9 Å². The Morgan fingerprint density at radius 2 is 1.86 bits per heavy atom. The van der Waals surface area contributed by atoms with Gasteiger partial charge in [-0.15, -0.1) is 0 Å². The van der Waals surface area contributed by atoms with Gasteiger partial charge >= 0.3 is 5.97 Å². The number of aliphatic hydroxyl groups excluding tert-OH is 1. The van der Waals surface area contributed by atoms with Gasteiger partial charge in [-0.05, 0) is 49.6 Å². The molecular formula is C30H35BrClN3O7. The second-order valence-electron chi connectivity index (χ2n) is 11.6. The lowest BCUT2D eigenvalue weighted by molar-refractivity contribution is -0.159. The Balaban J connectivity index is 1.66. The van der Waals surface area contributed by atoms with Crippen LogP contribution in [0.25, 0.3) is 0 Å². The number of nitrogens with one attached hydrogen (secondary N) is 1. The minimum Gasteiger partial charge on any atom is -0.460 e. The number of likely N-dealkylation sites (tertiary alicyclic amines) is 1. The van der Waals surface area contributed by atoms with E-state index in [4.69, 9.17) is 21.1 Å². The molecule has 2 fully saturated rings. The average Bonchev–Trinajstić information content (AvgIpc) is 3.53. The molecule has 226 valence electrons. The highest BCUT2D eigenvalue weighted by atomic mass is 79.9. The first kappa shape index (κ1) is 30.7. The van der Waals surface area contributed by atoms with Crippen molar-refractivity contribution in [3.05, 3.63) is 52.0 Å². The Kier molecular flexibility index (Phi) is 8.85. The van der Waals surface area contributed by atoms with E-state index in [1.165, 1.54) is 9.80 Å². The Morgan fingerprint density at radius 1 is 1.14 bits per heavy atom. The predicted molar refractivity (Wildman–Crippen MR) is 159 cm³/mol. The van der Waals surface area contributed by atoms with Gasteiger partial charge < -0.3 is 29.7 Å². The van der Waals surface area contributed by atoms with Crippen molar-refractivity contribution >= 4 is 56.9 Å². The van der Waals surface area contributed by atoms with Gasteiger partial charge in [0.1, 0.15) is 29.8 Å². The molecule has 1 aromatic carbocycles. The van der Waals surface area contributed by atoms with E-state index in [0.717, 1.165) is 0 Å². The normalized spacial score (nSPS) is 33.4. The number of cyclic esters (lactones) is 1. The van der Waals surface area contributed by atoms with E-state index in [1.54, 1.807) is 43.3 Å². The van der Waals surface area contributed by atoms with Crippen molar-refractivity contribution in [2.24, 2.45) is 17.8 Å². The molecule has 0 aliphatic carbocycles. The van der Waals surface area contributed by atoms with Crippen LogP contribution in [-0.4, -0.2) is 83.3 Å². The lowest BCUT2D eigenvalue weighted by Gasteiger charge is -2.40. The van der Waals surface area contributed by atoms with Gasteiger partial charge in [-0.1, -0.05) is 53.5 Å². The summed E-state index contributed by atoms with van der Waals surface area (Å²) in [6, 6.07) is 4.89. The lowest BCUT2D eigenvalue weighted by Crippen LogP contribution is -2.59. The quantitative estimate of drug-likeness (QED) is 0.375. The Bertz CT molecular complexity index is 1320. The number of rotatable bonds is 4. The molecule has 42 heavy (non-hydrogen) atoms. The van der Waals surface area contributed by atoms with Crippen LogP contribution in [0.5, 0.6) is 0 Å². The smallest absolute Gasteiger partial charge is 0.313 e. The van der Waals surface area contributed by atoms with Crippen molar-refractivity contribution in [2.45, 2.75) is 63.5 Å². The second-order valence-corrected chi connectivity index (χ2v) is 12.9. The Morgan fingerprint density at radius 3 is 2.52 bits per heavy atom. The van der Waals surface area contributed by atoms with E-state index >= 15 is 0 Å². The van der Waals surface area contributed by atoms with E-state index in [-0.39, 0.29) is 37.9 Å². The first-order valence-corrected chi connectivity index (χ1v) is 15.4. The standard InChI is InChI=1S/C30H35BrClN3O7/c1-16(2)21(15-36)35-26-28(39)34(19-10-8-18(32)9-11-19)12-6-4-5-7-22(37)33-14-17(3)41-29(40)23-24(27(35)38)30(26)13-20(31)25(23)42-30/h4,6,8-11,13,16-17,21,23-26,36H,5,7,12,14-15H2,1-3H3,(H,33,37)/b6-4-/t17-,21+,23+,24-,25+,26+,30-/m1/s1. The van der Waals surface area contributed by atoms with Crippen LogP contribution < -0.4 is 10.2 Å². The summed E-state index contributed by atoms with van der Waals surface area (Å²) in [5, 5.41) is 13.7. The zero-order valence-electron chi connectivity index (χ0n) is 23.7. The lowest BCUT2D eigenvalue weighted by atomic mass is 9.74. The van der Waals surface area contributed by atoms with Crippen molar-refractivity contribution in [1.29, 1.82) is 0 Å². The van der Waals surface area contributed by atoms with Gasteiger partial charge in [0.05, 0.1) is 25.1 Å². The van der Waals surface area contributed by atoms with E-state index in [9.17, 15) is 24.3 Å². The second kappa shape index (κ2) is 12.1. The van der Waals surface area contributed by atoms with Crippen LogP contribution in [0.3, 0.4) is 0 Å². The van der Waals surface area contributed by atoms with Crippen LogP contribution >= 0.6 is 27.5 Å². The fourth-order valence-corrected chi connectivity index (χ4v) is 7.31. The van der Waals surface area contributed by atoms with Gasteiger partial charge in [0.15, 0.2) is 0 Å². The number of esters is 1. The van der Waals surface area contributed by atoms with Crippen molar-refractivity contribution in [2.75, 3.05) is 24.6 Å². The molecule has 1 spiro atoms. The minimum atomic E-state index is -1.47. The van der Waals surface area contributed by atoms with Gasteiger partial charge in [0, 0.05) is 28.2 Å². The number of nitrogens with zero attached hydrogens (tertiary/aromatic N) is 2. The number of anilines is 1. The van der Waals surface area contributed by atoms with Crippen LogP contribution in [0.4, 0.5) is 5.69 Å². The third-order valence-corrected chi connectivity index (χ3v) is 9.42. The third kappa shape index (κ3) is 5.29. The van der Waals surface area contributed by atoms with Crippen LogP contribution in [0.1, 0.15) is 33.6 Å². The van der Waals surface area contributed by atoms with Crippen molar-refractivity contribution < 1.29 is 33.8 Å². The molecule has 0 aromatic heterocycles. The van der Waals surface area contributed by atoms with Crippen LogP contribution in [0, 0.1) is 17.8 Å². The van der Waals surface area contributed by atoms with E-state index in [2.05, 4.69) is 21.2 Å². The fraction of sp³-hybridized carbons (Fsp3) is 0.533. The molecule has 5 rings (SSSR count). The molecule has 12 heteroatoms. The highest BCUT2D eigenvalue weighted by Gasteiger charge is 2.75. The molecule has 4 aliphatic rings. The predicted octanol–water partition coefficient (Wildman–Crippen LogP) is 2.96. The summed E-state index contributed by atoms with van der Waals surface area (Å²) in [7, 11) is 0. The molecule has 7 atom stereocenters. The van der Waals surface area contributed by atoms with Crippen molar-refractivity contribution in [3.63, 3.8) is 0 Å². The molecular weight excluding hydrogens is 630 g/mol. The molecule has 2 saturated heterocycles. The highest BCUT2D eigenvalue weighted by Crippen LogP contribution is 2.59. The van der Waals surface area contributed by atoms with E-state index in [0.29, 0.717) is 21.6 Å². The number of hydrogen-bond acceptors (Lipinski definition) is 7. The maximum absolute atomic E-state index is 14.8. The largest absolute Gasteiger partial charge is 0.460 e. The molecule has 2 N–H and O–H groups in total. The number of fused-ring (bicyclic) bond motifs is 2. The van der Waals surface area contributed by atoms with Gasteiger partial charge in [-0.2, -0.15) is 0 Å². The molecule has 0 unspecified atom stereocenters. The summed E-state index contributed by atoms with van der Waals surface area (Å²) in [6.07, 6.45) is 4.54. The maximum Gasteiger partial charge on any atom is 0.313 e. The zero-order valence-corrected chi connectivity index (χ0v) is 26.0. The average molecular weight is 665 g/mol. The minimum absolute atomic E-state index is 0.116. The number of carbonyl (C=O) groups is 4. The summed E-state index contributed by atoms with van der Waals surface area (Å²) in [6.45, 7) is 5.28. The van der Waals surface area contributed by atoms with E-state index < -0.39 is 59.5 Å². The maximum atomic E-state index is 14.8. The molecule has 4 aliphatic heterocycles. The first-order valence-electron chi connectivity index (χ1n) is 14.2. The third-order valence-electron chi connectivity index (χ3n) is 8.48. The summed E-state index contributed by atoms with van der Waals surface area (Å²) in [5.74, 6) is -4.00. The molecule has 1 aromatic rings. The first-order chi connectivity index (χ1) is 20.0. The highest BCUT2D eigenvalue weighted by molar-refractivity contribution is 9.11. The van der Waals surface area contributed by atoms with Crippen LogP contribution in [0.15, 0.2) is 47.0 Å². The number of halogens is 2. The van der Waals surface area contributed by atoms with Gasteiger partial charge in [-0.25, -0.2) is 0 Å². The number of hydrogen-bond donors (Lipinski definition) is 2. The van der Waals surface area contributed by atoms with Gasteiger partial charge in [0.25, 0.3) is 5.91 Å². The molecule has 5 bridgehead atoms. The zero-order chi connectivity index (χ0) is 30.3. The number of ether oxygens (including phenoxy) is 2. The molecule has 10 nitrogen and oxygen atoms in total. The SMILES string of the molecule is CC(C)[C@H](CO)N1C(=O)[C@H]2[C@@H]3C(=O)O[C@H](C)CNC(=O)CC/C=C\CN(c4ccc(Cl)cc4)C(=O)[C@H]1[C@@]21C=C(Br)[C@@H]3O1. The van der Waals surface area contributed by atoms with Crippen LogP contribution in [-0.2, 0) is 28.7 Å². The fourth-order valence-electron chi connectivity index (χ4n) is 6.45. The topological polar surface area (TPSA) is 125 Å². The number of allylic oxidation sites excluding steroid dienone is 1. The van der Waals surface area contributed by atoms with Gasteiger partial charge in [0.2, 0.25) is 11.8 Å². The Labute approximate surface area is 258 Å². The summed E-state index contributed by atoms with van der Waals surface area (Å²) < 4.78 is 12.8. The number of aliphatic hydroxyl groups is 1. The molecule has 0 radical (unpaired) electrons. The summed E-state index contributed by atoms with van der Waals surface area (Å²) >= 11 is 9.68. The monoisotopic (exact) mass is 663 g/mol. The number of amides is 3. The van der Waals surface area contributed by atoms with Gasteiger partial charge in [-0.3, -0.25) is 19.2 Å². The van der Waals surface area contributed by atoms with Crippen molar-refractivity contribution in [3.8, 4) is 0 Å². The number of carbonyl (C=O) groups excluding carboxylic acids is 4. The van der Waals surface area contributed by atoms with Crippen LogP contribution in [0.2, 0.25) is 5.02 Å². The summed E-state index contributed by atoms with van der Waals surface area (Å²) in [5.41, 5.74) is -0.925. The molecule has 4 heterocycles. The molecule has 0 saturated carbocycles. The number of benzene rings is 1.